The van der Waals surface area contributed by atoms with Gasteiger partial charge in [0.1, 0.15) is 5.52 Å². The van der Waals surface area contributed by atoms with Gasteiger partial charge in [-0.1, -0.05) is 18.2 Å². The summed E-state index contributed by atoms with van der Waals surface area (Å²) in [6.07, 6.45) is 1.27. The summed E-state index contributed by atoms with van der Waals surface area (Å²) < 4.78 is 5.21. The second kappa shape index (κ2) is 4.18. The molecule has 0 saturated carbocycles. The summed E-state index contributed by atoms with van der Waals surface area (Å²) in [6.45, 7) is 0. The lowest BCUT2D eigenvalue weighted by Gasteiger charge is -2.11. The highest BCUT2D eigenvalue weighted by Crippen LogP contribution is 2.23. The van der Waals surface area contributed by atoms with Crippen LogP contribution in [0.4, 0.5) is 4.79 Å². The van der Waals surface area contributed by atoms with Crippen LogP contribution in [0, 0.1) is 0 Å². The molecule has 1 amide bonds. The lowest BCUT2D eigenvalue weighted by molar-refractivity contribution is 0.172. The first kappa shape index (κ1) is 10.4. The Morgan fingerprint density at radius 2 is 2.00 bits per heavy atom. The highest BCUT2D eigenvalue weighted by molar-refractivity contribution is 5.86. The summed E-state index contributed by atoms with van der Waals surface area (Å²) >= 11 is 0. The van der Waals surface area contributed by atoms with Gasteiger partial charge >= 0.3 is 6.09 Å². The van der Waals surface area contributed by atoms with Gasteiger partial charge in [0, 0.05) is 25.7 Å². The molecule has 0 spiro atoms. The fourth-order valence-electron chi connectivity index (χ4n) is 1.34. The second-order valence-corrected chi connectivity index (χ2v) is 3.59. The SMILES string of the molecule is CN(C)C(=O)Oc1cccc2cccnc12. The van der Waals surface area contributed by atoms with Crippen LogP contribution in [0.15, 0.2) is 36.5 Å². The van der Waals surface area contributed by atoms with E-state index in [-0.39, 0.29) is 0 Å². The van der Waals surface area contributed by atoms with Crippen LogP contribution in [0.25, 0.3) is 10.9 Å². The van der Waals surface area contributed by atoms with Crippen molar-refractivity contribution in [3.8, 4) is 5.75 Å². The maximum atomic E-state index is 11.4. The molecule has 0 aliphatic heterocycles. The van der Waals surface area contributed by atoms with Crippen LogP contribution < -0.4 is 4.74 Å². The predicted octanol–water partition coefficient (Wildman–Crippen LogP) is 2.30. The largest absolute Gasteiger partial charge is 0.414 e. The van der Waals surface area contributed by atoms with Gasteiger partial charge in [0.15, 0.2) is 5.75 Å². The van der Waals surface area contributed by atoms with Crippen LogP contribution in [0.1, 0.15) is 0 Å². The smallest absolute Gasteiger partial charge is 0.408 e. The van der Waals surface area contributed by atoms with E-state index in [1.165, 1.54) is 4.90 Å². The van der Waals surface area contributed by atoms with Crippen LogP contribution >= 0.6 is 0 Å². The average Bonchev–Trinajstić information content (AvgIpc) is 2.29. The van der Waals surface area contributed by atoms with Crippen LogP contribution in [0.3, 0.4) is 0 Å². The number of benzene rings is 1. The van der Waals surface area contributed by atoms with E-state index in [0.717, 1.165) is 5.39 Å². The van der Waals surface area contributed by atoms with Gasteiger partial charge in [-0.05, 0) is 12.1 Å². The molecule has 4 heteroatoms. The van der Waals surface area contributed by atoms with Crippen molar-refractivity contribution in [1.82, 2.24) is 9.88 Å². The number of hydrogen-bond acceptors (Lipinski definition) is 3. The van der Waals surface area contributed by atoms with Gasteiger partial charge in [-0.25, -0.2) is 4.79 Å². The van der Waals surface area contributed by atoms with Crippen molar-refractivity contribution in [2.45, 2.75) is 0 Å². The summed E-state index contributed by atoms with van der Waals surface area (Å²) in [4.78, 5) is 17.0. The Morgan fingerprint density at radius 3 is 2.75 bits per heavy atom. The maximum absolute atomic E-state index is 11.4. The van der Waals surface area contributed by atoms with Crippen molar-refractivity contribution in [2.24, 2.45) is 0 Å². The number of hydrogen-bond donors (Lipinski definition) is 0. The molecule has 1 heterocycles. The normalized spacial score (nSPS) is 10.1. The van der Waals surface area contributed by atoms with Crippen molar-refractivity contribution in [3.05, 3.63) is 36.5 Å². The molecule has 0 bridgehead atoms. The Bertz CT molecular complexity index is 518. The minimum atomic E-state index is -0.404. The lowest BCUT2D eigenvalue weighted by Crippen LogP contribution is -2.25. The Morgan fingerprint density at radius 1 is 1.25 bits per heavy atom. The molecule has 82 valence electrons. The van der Waals surface area contributed by atoms with Gasteiger partial charge in [-0.15, -0.1) is 0 Å². The van der Waals surface area contributed by atoms with Gasteiger partial charge in [0.25, 0.3) is 0 Å². The van der Waals surface area contributed by atoms with Crippen molar-refractivity contribution in [2.75, 3.05) is 14.1 Å². The van der Waals surface area contributed by atoms with E-state index in [4.69, 9.17) is 4.74 Å². The summed E-state index contributed by atoms with van der Waals surface area (Å²) in [5.41, 5.74) is 0.695. The number of aromatic nitrogens is 1. The molecule has 16 heavy (non-hydrogen) atoms. The first-order valence-corrected chi connectivity index (χ1v) is 4.91. The van der Waals surface area contributed by atoms with E-state index in [1.54, 1.807) is 26.4 Å². The highest BCUT2D eigenvalue weighted by Gasteiger charge is 2.09. The number of fused-ring (bicyclic) bond motifs is 1. The van der Waals surface area contributed by atoms with Gasteiger partial charge in [0.05, 0.1) is 0 Å². The topological polar surface area (TPSA) is 42.4 Å². The molecular weight excluding hydrogens is 204 g/mol. The molecule has 2 rings (SSSR count). The summed E-state index contributed by atoms with van der Waals surface area (Å²) in [5.74, 6) is 0.483. The number of amides is 1. The van der Waals surface area contributed by atoms with Crippen LogP contribution in [0.2, 0.25) is 0 Å². The molecule has 0 radical (unpaired) electrons. The van der Waals surface area contributed by atoms with E-state index in [0.29, 0.717) is 11.3 Å². The minimum absolute atomic E-state index is 0.404. The molecule has 0 saturated heterocycles. The van der Waals surface area contributed by atoms with Crippen molar-refractivity contribution < 1.29 is 9.53 Å². The van der Waals surface area contributed by atoms with Crippen LogP contribution in [-0.4, -0.2) is 30.1 Å². The fraction of sp³-hybridized carbons (Fsp3) is 0.167. The second-order valence-electron chi connectivity index (χ2n) is 3.59. The standard InChI is InChI=1S/C12H12N2O2/c1-14(2)12(15)16-10-7-3-5-9-6-4-8-13-11(9)10/h3-8H,1-2H3. The van der Waals surface area contributed by atoms with Crippen molar-refractivity contribution in [1.29, 1.82) is 0 Å². The molecular formula is C12H12N2O2. The van der Waals surface area contributed by atoms with E-state index < -0.39 is 6.09 Å². The average molecular weight is 216 g/mol. The van der Waals surface area contributed by atoms with E-state index in [2.05, 4.69) is 4.98 Å². The predicted molar refractivity (Wildman–Crippen MR) is 61.5 cm³/mol. The van der Waals surface area contributed by atoms with Gasteiger partial charge in [-0.3, -0.25) is 4.98 Å². The molecule has 0 aliphatic carbocycles. The Balaban J connectivity index is 2.41. The van der Waals surface area contributed by atoms with E-state index >= 15 is 0 Å². The first-order chi connectivity index (χ1) is 7.68. The zero-order chi connectivity index (χ0) is 11.5. The highest BCUT2D eigenvalue weighted by atomic mass is 16.6. The third kappa shape index (κ3) is 1.95. The number of ether oxygens (including phenoxy) is 1. The molecule has 4 nitrogen and oxygen atoms in total. The fourth-order valence-corrected chi connectivity index (χ4v) is 1.34. The molecule has 2 aromatic rings. The van der Waals surface area contributed by atoms with Crippen LogP contribution in [0.5, 0.6) is 5.75 Å². The van der Waals surface area contributed by atoms with E-state index in [9.17, 15) is 4.79 Å². The number of pyridine rings is 1. The molecule has 0 N–H and O–H groups in total. The molecule has 1 aromatic heterocycles. The van der Waals surface area contributed by atoms with Gasteiger partial charge in [0.2, 0.25) is 0 Å². The molecule has 0 atom stereocenters. The molecule has 0 unspecified atom stereocenters. The third-order valence-corrected chi connectivity index (χ3v) is 2.16. The number of carbonyl (C=O) groups excluding carboxylic acids is 1. The van der Waals surface area contributed by atoms with Crippen molar-refractivity contribution in [3.63, 3.8) is 0 Å². The maximum Gasteiger partial charge on any atom is 0.414 e. The number of para-hydroxylation sites is 1. The van der Waals surface area contributed by atoms with Gasteiger partial charge in [-0.2, -0.15) is 0 Å². The molecule has 0 aliphatic rings. The number of carbonyl (C=O) groups is 1. The quantitative estimate of drug-likeness (QED) is 0.734. The lowest BCUT2D eigenvalue weighted by atomic mass is 10.2. The van der Waals surface area contributed by atoms with Crippen molar-refractivity contribution >= 4 is 17.0 Å². The summed E-state index contributed by atoms with van der Waals surface area (Å²) in [5, 5.41) is 0.951. The Labute approximate surface area is 93.5 Å². The minimum Gasteiger partial charge on any atom is -0.408 e. The zero-order valence-corrected chi connectivity index (χ0v) is 9.18. The first-order valence-electron chi connectivity index (χ1n) is 4.91. The summed E-state index contributed by atoms with van der Waals surface area (Å²) in [6, 6.07) is 9.27. The summed E-state index contributed by atoms with van der Waals surface area (Å²) in [7, 11) is 3.28. The molecule has 1 aromatic carbocycles. The molecule has 0 fully saturated rings. The third-order valence-electron chi connectivity index (χ3n) is 2.16. The van der Waals surface area contributed by atoms with Gasteiger partial charge < -0.3 is 9.64 Å². The van der Waals surface area contributed by atoms with E-state index in [1.807, 2.05) is 24.3 Å². The van der Waals surface area contributed by atoms with Crippen LogP contribution in [-0.2, 0) is 0 Å². The zero-order valence-electron chi connectivity index (χ0n) is 9.18. The number of nitrogens with zero attached hydrogens (tertiary/aromatic N) is 2. The monoisotopic (exact) mass is 216 g/mol. The Kier molecular flexibility index (Phi) is 2.72. The Hall–Kier alpha value is -2.10. The number of rotatable bonds is 1.